The molecule has 0 aliphatic heterocycles. The quantitative estimate of drug-likeness (QED) is 0.334. The molecular weight excluding hydrogens is 398 g/mol. The van der Waals surface area contributed by atoms with Crippen LogP contribution in [0.4, 0.5) is 5.69 Å². The van der Waals surface area contributed by atoms with Crippen LogP contribution in [-0.2, 0) is 11.2 Å². The summed E-state index contributed by atoms with van der Waals surface area (Å²) in [5.41, 5.74) is 13.5. The lowest BCUT2D eigenvalue weighted by Gasteiger charge is -2.29. The highest BCUT2D eigenvalue weighted by atomic mass is 16.5. The Morgan fingerprint density at radius 1 is 1.19 bits per heavy atom. The summed E-state index contributed by atoms with van der Waals surface area (Å²) in [7, 11) is 2.88. The molecule has 1 aliphatic rings. The first-order valence-corrected chi connectivity index (χ1v) is 9.79. The van der Waals surface area contributed by atoms with Gasteiger partial charge >= 0.3 is 5.97 Å². The topological polar surface area (TPSA) is 137 Å². The Bertz CT molecular complexity index is 1090. The molecule has 0 spiro atoms. The zero-order chi connectivity index (χ0) is 22.9. The Kier molecular flexibility index (Phi) is 5.88. The van der Waals surface area contributed by atoms with E-state index in [0.29, 0.717) is 35.6 Å². The van der Waals surface area contributed by atoms with E-state index < -0.39 is 5.97 Å². The number of nitrogens with zero attached hydrogens (tertiary/aromatic N) is 3. The van der Waals surface area contributed by atoms with Crippen molar-refractivity contribution in [2.45, 2.75) is 33.6 Å². The van der Waals surface area contributed by atoms with Gasteiger partial charge in [0, 0.05) is 24.6 Å². The molecule has 0 radical (unpaired) electrons. The number of furan rings is 1. The Morgan fingerprint density at radius 3 is 2.52 bits per heavy atom. The number of guanidine groups is 1. The van der Waals surface area contributed by atoms with E-state index in [9.17, 15) is 9.59 Å². The van der Waals surface area contributed by atoms with Gasteiger partial charge in [0.25, 0.3) is 5.91 Å². The normalized spacial score (nSPS) is 15.8. The van der Waals surface area contributed by atoms with Gasteiger partial charge in [-0.15, -0.1) is 5.10 Å². The minimum Gasteiger partial charge on any atom is -0.465 e. The average molecular weight is 425 g/mol. The van der Waals surface area contributed by atoms with Crippen LogP contribution in [0.2, 0.25) is 0 Å². The summed E-state index contributed by atoms with van der Waals surface area (Å²) in [5.74, 6) is -0.214. The summed E-state index contributed by atoms with van der Waals surface area (Å²) < 4.78 is 10.9. The highest BCUT2D eigenvalue weighted by molar-refractivity contribution is 6.11. The molecule has 1 amide bonds. The third kappa shape index (κ3) is 4.30. The van der Waals surface area contributed by atoms with Crippen LogP contribution in [0.15, 0.2) is 38.9 Å². The molecule has 164 valence electrons. The van der Waals surface area contributed by atoms with E-state index in [1.54, 1.807) is 38.2 Å². The average Bonchev–Trinajstić information content (AvgIpc) is 3.05. The zero-order valence-corrected chi connectivity index (χ0v) is 18.4. The zero-order valence-electron chi connectivity index (χ0n) is 18.4. The molecule has 0 bridgehead atoms. The van der Waals surface area contributed by atoms with Gasteiger partial charge in [0.15, 0.2) is 5.76 Å². The van der Waals surface area contributed by atoms with Crippen LogP contribution in [0.3, 0.4) is 0 Å². The number of amides is 1. The number of ether oxygens (including phenoxy) is 1. The van der Waals surface area contributed by atoms with E-state index in [-0.39, 0.29) is 28.6 Å². The van der Waals surface area contributed by atoms with Gasteiger partial charge in [-0.1, -0.05) is 26.0 Å². The van der Waals surface area contributed by atoms with Gasteiger partial charge in [0.05, 0.1) is 24.1 Å². The van der Waals surface area contributed by atoms with Crippen LogP contribution in [0.25, 0.3) is 0 Å². The smallest absolute Gasteiger partial charge is 0.339 e. The number of nitrogens with two attached hydrogens (primary N) is 2. The fraction of sp³-hybridized carbons (Fsp3) is 0.364. The van der Waals surface area contributed by atoms with Crippen molar-refractivity contribution in [3.05, 3.63) is 52.5 Å². The van der Waals surface area contributed by atoms with Gasteiger partial charge in [0.1, 0.15) is 5.76 Å². The van der Waals surface area contributed by atoms with Crippen LogP contribution in [0.5, 0.6) is 0 Å². The van der Waals surface area contributed by atoms with Crippen LogP contribution in [0, 0.1) is 12.3 Å². The summed E-state index contributed by atoms with van der Waals surface area (Å²) in [6, 6.07) is 6.73. The van der Waals surface area contributed by atoms with E-state index >= 15 is 0 Å². The van der Waals surface area contributed by atoms with Crippen molar-refractivity contribution in [3.63, 3.8) is 0 Å². The molecule has 1 aromatic carbocycles. The van der Waals surface area contributed by atoms with Crippen molar-refractivity contribution in [2.24, 2.45) is 27.1 Å². The molecule has 31 heavy (non-hydrogen) atoms. The number of anilines is 1. The van der Waals surface area contributed by atoms with Crippen LogP contribution in [0.1, 0.15) is 58.1 Å². The van der Waals surface area contributed by atoms with Gasteiger partial charge in [-0.2, -0.15) is 5.10 Å². The SMILES string of the molecule is COC(=O)c1ccccc1N(C)C(=O)c1oc2c(c1C)/C(=N\N=C(N)N)CC(C)(C)C2. The standard InChI is InChI=1S/C22H27N5O4/c1-12-17-14(25-26-21(23)24)10-22(2,3)11-16(17)31-18(12)19(28)27(4)15-9-7-6-8-13(15)20(29)30-5/h6-9H,10-11H2,1-5H3,(H4,23,24,26)/b25-14-. The second-order valence-corrected chi connectivity index (χ2v) is 8.32. The fourth-order valence-corrected chi connectivity index (χ4v) is 3.83. The minimum atomic E-state index is -0.529. The lowest BCUT2D eigenvalue weighted by molar-refractivity contribution is 0.0601. The lowest BCUT2D eigenvalue weighted by Crippen LogP contribution is -2.28. The number of carbonyl (C=O) groups is 2. The van der Waals surface area contributed by atoms with Gasteiger partial charge < -0.3 is 25.5 Å². The summed E-state index contributed by atoms with van der Waals surface area (Å²) >= 11 is 0. The fourth-order valence-electron chi connectivity index (χ4n) is 3.83. The molecule has 1 heterocycles. The molecule has 2 aromatic rings. The molecule has 1 aromatic heterocycles. The number of fused-ring (bicyclic) bond motifs is 1. The number of hydrogen-bond acceptors (Lipinski definition) is 6. The molecule has 0 saturated carbocycles. The van der Waals surface area contributed by atoms with Crippen molar-refractivity contribution in [1.29, 1.82) is 0 Å². The number of benzene rings is 1. The highest BCUT2D eigenvalue weighted by Gasteiger charge is 2.37. The Hall–Kier alpha value is -3.62. The lowest BCUT2D eigenvalue weighted by atomic mass is 9.75. The molecule has 3 rings (SSSR count). The first-order chi connectivity index (χ1) is 14.6. The Labute approximate surface area is 180 Å². The molecule has 9 nitrogen and oxygen atoms in total. The van der Waals surface area contributed by atoms with Crippen LogP contribution < -0.4 is 16.4 Å². The monoisotopic (exact) mass is 425 g/mol. The number of hydrogen-bond donors (Lipinski definition) is 2. The van der Waals surface area contributed by atoms with Crippen molar-refractivity contribution in [1.82, 2.24) is 0 Å². The van der Waals surface area contributed by atoms with Crippen molar-refractivity contribution >= 4 is 29.2 Å². The predicted octanol–water partition coefficient (Wildman–Crippen LogP) is 2.60. The van der Waals surface area contributed by atoms with E-state index in [2.05, 4.69) is 24.1 Å². The van der Waals surface area contributed by atoms with Gasteiger partial charge in [-0.05, 0) is 30.9 Å². The van der Waals surface area contributed by atoms with E-state index in [1.807, 2.05) is 0 Å². The van der Waals surface area contributed by atoms with Crippen molar-refractivity contribution in [3.8, 4) is 0 Å². The highest BCUT2D eigenvalue weighted by Crippen LogP contribution is 2.39. The molecule has 0 fully saturated rings. The summed E-state index contributed by atoms with van der Waals surface area (Å²) in [6.07, 6.45) is 1.27. The first-order valence-electron chi connectivity index (χ1n) is 9.79. The number of carbonyl (C=O) groups excluding carboxylic acids is 2. The maximum absolute atomic E-state index is 13.4. The Balaban J connectivity index is 2.06. The van der Waals surface area contributed by atoms with Crippen molar-refractivity contribution in [2.75, 3.05) is 19.1 Å². The molecule has 0 unspecified atom stereocenters. The predicted molar refractivity (Wildman–Crippen MR) is 118 cm³/mol. The Morgan fingerprint density at radius 2 is 1.87 bits per heavy atom. The summed E-state index contributed by atoms with van der Waals surface area (Å²) in [5, 5.41) is 8.02. The molecule has 9 heteroatoms. The van der Waals surface area contributed by atoms with E-state index in [0.717, 1.165) is 5.56 Å². The molecule has 4 N–H and O–H groups in total. The molecule has 1 aliphatic carbocycles. The number of methoxy groups -OCH3 is 1. The first kappa shape index (κ1) is 22.1. The minimum absolute atomic E-state index is 0.140. The molecule has 0 saturated heterocycles. The third-order valence-electron chi connectivity index (χ3n) is 5.25. The second-order valence-electron chi connectivity index (χ2n) is 8.32. The number of rotatable bonds is 4. The van der Waals surface area contributed by atoms with E-state index in [4.69, 9.17) is 20.6 Å². The second kappa shape index (κ2) is 8.25. The largest absolute Gasteiger partial charge is 0.465 e. The molecular formula is C22H27N5O4. The van der Waals surface area contributed by atoms with Gasteiger partial charge in [0.2, 0.25) is 5.96 Å². The summed E-state index contributed by atoms with van der Waals surface area (Å²) in [6.45, 7) is 5.97. The maximum atomic E-state index is 13.4. The summed E-state index contributed by atoms with van der Waals surface area (Å²) in [4.78, 5) is 26.9. The molecule has 0 atom stereocenters. The van der Waals surface area contributed by atoms with E-state index in [1.165, 1.54) is 12.0 Å². The van der Waals surface area contributed by atoms with Crippen molar-refractivity contribution < 1.29 is 18.7 Å². The van der Waals surface area contributed by atoms with Gasteiger partial charge in [-0.25, -0.2) is 4.79 Å². The van der Waals surface area contributed by atoms with Crippen LogP contribution in [-0.4, -0.2) is 37.7 Å². The van der Waals surface area contributed by atoms with Crippen LogP contribution >= 0.6 is 0 Å². The number of para-hydroxylation sites is 1. The van der Waals surface area contributed by atoms with Gasteiger partial charge in [-0.3, -0.25) is 4.79 Å². The maximum Gasteiger partial charge on any atom is 0.339 e. The third-order valence-corrected chi connectivity index (χ3v) is 5.25. The number of esters is 1.